The summed E-state index contributed by atoms with van der Waals surface area (Å²) >= 11 is 3.43. The van der Waals surface area contributed by atoms with Gasteiger partial charge in [0.1, 0.15) is 18.1 Å². The van der Waals surface area contributed by atoms with Gasteiger partial charge in [0.05, 0.1) is 17.2 Å². The number of amides is 1. The number of methoxy groups -OCH3 is 1. The van der Waals surface area contributed by atoms with E-state index < -0.39 is 0 Å². The number of anilines is 1. The van der Waals surface area contributed by atoms with E-state index >= 15 is 0 Å². The molecule has 0 aliphatic carbocycles. The number of ether oxygens (including phenoxy) is 3. The molecule has 0 saturated heterocycles. The number of benzene rings is 2. The van der Waals surface area contributed by atoms with Crippen molar-refractivity contribution < 1.29 is 19.0 Å². The van der Waals surface area contributed by atoms with Crippen LogP contribution in [0.5, 0.6) is 11.5 Å². The first kappa shape index (κ1) is 19.3. The number of carbonyl (C=O) groups is 1. The molecule has 0 saturated carbocycles. The summed E-state index contributed by atoms with van der Waals surface area (Å²) in [5.41, 5.74) is 1.21. The van der Waals surface area contributed by atoms with Crippen LogP contribution >= 0.6 is 15.9 Å². The van der Waals surface area contributed by atoms with Gasteiger partial charge in [-0.05, 0) is 60.1 Å². The van der Waals surface area contributed by atoms with E-state index in [0.717, 1.165) is 5.75 Å². The summed E-state index contributed by atoms with van der Waals surface area (Å²) in [4.78, 5) is 12.4. The molecule has 0 aliphatic rings. The van der Waals surface area contributed by atoms with Gasteiger partial charge in [-0.2, -0.15) is 0 Å². The summed E-state index contributed by atoms with van der Waals surface area (Å²) in [5.74, 6) is 1.18. The molecule has 0 heterocycles. The lowest BCUT2D eigenvalue weighted by Crippen LogP contribution is -2.12. The lowest BCUT2D eigenvalue weighted by Gasteiger charge is -2.12. The van der Waals surface area contributed by atoms with Gasteiger partial charge in [-0.3, -0.25) is 4.79 Å². The fraction of sp³-hybridized carbons (Fsp3) is 0.316. The first-order chi connectivity index (χ1) is 12.0. The van der Waals surface area contributed by atoms with E-state index in [1.807, 2.05) is 32.0 Å². The first-order valence-electron chi connectivity index (χ1n) is 7.99. The zero-order valence-electron chi connectivity index (χ0n) is 14.5. The third-order valence-electron chi connectivity index (χ3n) is 3.20. The van der Waals surface area contributed by atoms with Crippen molar-refractivity contribution in [1.29, 1.82) is 0 Å². The van der Waals surface area contributed by atoms with Crippen LogP contribution in [0.15, 0.2) is 46.9 Å². The minimum absolute atomic E-state index is 0.0764. The number of hydrogen-bond donors (Lipinski definition) is 1. The van der Waals surface area contributed by atoms with Crippen LogP contribution in [0.25, 0.3) is 0 Å². The van der Waals surface area contributed by atoms with E-state index in [0.29, 0.717) is 34.7 Å². The molecular weight excluding hydrogens is 386 g/mol. The van der Waals surface area contributed by atoms with Gasteiger partial charge in [0.25, 0.3) is 5.91 Å². The van der Waals surface area contributed by atoms with Crippen molar-refractivity contribution in [3.8, 4) is 11.5 Å². The molecule has 2 aromatic rings. The Morgan fingerprint density at radius 1 is 1.16 bits per heavy atom. The Morgan fingerprint density at radius 3 is 2.64 bits per heavy atom. The van der Waals surface area contributed by atoms with Crippen LogP contribution in [-0.4, -0.2) is 32.3 Å². The van der Waals surface area contributed by atoms with E-state index in [2.05, 4.69) is 21.2 Å². The number of nitrogens with one attached hydrogen (secondary N) is 1. The molecular formula is C19H22BrNO4. The first-order valence-corrected chi connectivity index (χ1v) is 8.78. The predicted molar refractivity (Wildman–Crippen MR) is 102 cm³/mol. The third kappa shape index (κ3) is 6.07. The Balaban J connectivity index is 2.04. The number of rotatable bonds is 8. The van der Waals surface area contributed by atoms with Crippen LogP contribution in [0.4, 0.5) is 5.69 Å². The highest BCUT2D eigenvalue weighted by Crippen LogP contribution is 2.27. The lowest BCUT2D eigenvalue weighted by atomic mass is 10.2. The van der Waals surface area contributed by atoms with Crippen LogP contribution in [-0.2, 0) is 4.74 Å². The maximum absolute atomic E-state index is 12.4. The molecule has 0 bridgehead atoms. The molecule has 0 aliphatic heterocycles. The molecule has 2 aromatic carbocycles. The summed E-state index contributed by atoms with van der Waals surface area (Å²) < 4.78 is 16.9. The van der Waals surface area contributed by atoms with Gasteiger partial charge in [-0.1, -0.05) is 6.07 Å². The summed E-state index contributed by atoms with van der Waals surface area (Å²) in [6, 6.07) is 12.5. The normalized spacial score (nSPS) is 10.6. The zero-order chi connectivity index (χ0) is 18.2. The van der Waals surface area contributed by atoms with Crippen LogP contribution < -0.4 is 14.8 Å². The molecule has 0 aromatic heterocycles. The molecule has 134 valence electrons. The molecule has 0 fully saturated rings. The van der Waals surface area contributed by atoms with Crippen LogP contribution in [0.3, 0.4) is 0 Å². The van der Waals surface area contributed by atoms with E-state index in [9.17, 15) is 4.79 Å². The average Bonchev–Trinajstić information content (AvgIpc) is 2.56. The van der Waals surface area contributed by atoms with Gasteiger partial charge < -0.3 is 19.5 Å². The molecule has 6 heteroatoms. The van der Waals surface area contributed by atoms with Gasteiger partial charge in [0.2, 0.25) is 0 Å². The second-order valence-corrected chi connectivity index (χ2v) is 6.49. The van der Waals surface area contributed by atoms with Crippen molar-refractivity contribution in [2.24, 2.45) is 0 Å². The quantitative estimate of drug-likeness (QED) is 0.653. The zero-order valence-corrected chi connectivity index (χ0v) is 16.1. The molecule has 0 atom stereocenters. The molecule has 0 radical (unpaired) electrons. The smallest absolute Gasteiger partial charge is 0.255 e. The Hall–Kier alpha value is -2.05. The van der Waals surface area contributed by atoms with Crippen LogP contribution in [0, 0.1) is 0 Å². The van der Waals surface area contributed by atoms with Crippen molar-refractivity contribution in [3.05, 3.63) is 52.5 Å². The average molecular weight is 408 g/mol. The maximum atomic E-state index is 12.4. The minimum Gasteiger partial charge on any atom is -0.491 e. The second kappa shape index (κ2) is 9.44. The van der Waals surface area contributed by atoms with Crippen molar-refractivity contribution in [1.82, 2.24) is 0 Å². The van der Waals surface area contributed by atoms with Gasteiger partial charge in [-0.15, -0.1) is 0 Å². The number of halogens is 1. The lowest BCUT2D eigenvalue weighted by molar-refractivity contribution is 0.102. The summed E-state index contributed by atoms with van der Waals surface area (Å²) in [7, 11) is 1.62. The monoisotopic (exact) mass is 407 g/mol. The Morgan fingerprint density at radius 2 is 1.96 bits per heavy atom. The number of carbonyl (C=O) groups excluding carboxylic acids is 1. The van der Waals surface area contributed by atoms with E-state index in [1.165, 1.54) is 0 Å². The van der Waals surface area contributed by atoms with Gasteiger partial charge >= 0.3 is 0 Å². The molecule has 1 N–H and O–H groups in total. The van der Waals surface area contributed by atoms with Crippen LogP contribution in [0.2, 0.25) is 0 Å². The van der Waals surface area contributed by atoms with Gasteiger partial charge in [-0.25, -0.2) is 0 Å². The van der Waals surface area contributed by atoms with Gasteiger partial charge in [0.15, 0.2) is 0 Å². The van der Waals surface area contributed by atoms with E-state index in [1.54, 1.807) is 31.4 Å². The SMILES string of the molecule is COCCOc1ccc(C(=O)Nc2cccc(OC(C)C)c2)cc1Br. The van der Waals surface area contributed by atoms with Crippen molar-refractivity contribution in [3.63, 3.8) is 0 Å². The third-order valence-corrected chi connectivity index (χ3v) is 3.82. The number of hydrogen-bond acceptors (Lipinski definition) is 4. The fourth-order valence-electron chi connectivity index (χ4n) is 2.12. The summed E-state index contributed by atoms with van der Waals surface area (Å²) in [6.45, 7) is 4.87. The van der Waals surface area contributed by atoms with Gasteiger partial charge in [0, 0.05) is 24.4 Å². The highest BCUT2D eigenvalue weighted by molar-refractivity contribution is 9.10. The fourth-order valence-corrected chi connectivity index (χ4v) is 2.61. The molecule has 25 heavy (non-hydrogen) atoms. The Bertz CT molecular complexity index is 718. The molecule has 2 rings (SSSR count). The highest BCUT2D eigenvalue weighted by atomic mass is 79.9. The second-order valence-electron chi connectivity index (χ2n) is 5.64. The van der Waals surface area contributed by atoms with Crippen LogP contribution in [0.1, 0.15) is 24.2 Å². The molecule has 1 amide bonds. The highest BCUT2D eigenvalue weighted by Gasteiger charge is 2.10. The Kier molecular flexibility index (Phi) is 7.28. The summed E-state index contributed by atoms with van der Waals surface area (Å²) in [6.07, 6.45) is 0.0764. The van der Waals surface area contributed by atoms with Crippen molar-refractivity contribution >= 4 is 27.5 Å². The molecule has 5 nitrogen and oxygen atoms in total. The largest absolute Gasteiger partial charge is 0.491 e. The standard InChI is InChI=1S/C19H22BrNO4/c1-13(2)25-16-6-4-5-15(12-16)21-19(22)14-7-8-18(17(20)11-14)24-10-9-23-3/h4-8,11-13H,9-10H2,1-3H3,(H,21,22). The molecule has 0 unspecified atom stereocenters. The van der Waals surface area contributed by atoms with E-state index in [-0.39, 0.29) is 12.0 Å². The topological polar surface area (TPSA) is 56.8 Å². The predicted octanol–water partition coefficient (Wildman–Crippen LogP) is 4.51. The van der Waals surface area contributed by atoms with Crippen molar-refractivity contribution in [2.45, 2.75) is 20.0 Å². The minimum atomic E-state index is -0.203. The Labute approximate surface area is 156 Å². The van der Waals surface area contributed by atoms with E-state index in [4.69, 9.17) is 14.2 Å². The van der Waals surface area contributed by atoms with Crippen molar-refractivity contribution in [2.75, 3.05) is 25.6 Å². The summed E-state index contributed by atoms with van der Waals surface area (Å²) in [5, 5.41) is 2.87. The molecule has 0 spiro atoms. The maximum Gasteiger partial charge on any atom is 0.255 e.